The van der Waals surface area contributed by atoms with Crippen molar-refractivity contribution >= 4 is 0 Å². The molecule has 0 radical (unpaired) electrons. The average Bonchev–Trinajstić information content (AvgIpc) is 1.94. The Kier molecular flexibility index (Phi) is 3.56. The van der Waals surface area contributed by atoms with Gasteiger partial charge in [0.05, 0.1) is 11.2 Å². The van der Waals surface area contributed by atoms with Crippen LogP contribution in [-0.4, -0.2) is 49.3 Å². The molecule has 0 unspecified atom stereocenters. The number of ether oxygens (including phenoxy) is 1. The zero-order valence-electron chi connectivity index (χ0n) is 10.2. The van der Waals surface area contributed by atoms with E-state index in [1.54, 1.807) is 0 Å². The molecule has 3 heteroatoms. The fraction of sp³-hybridized carbons (Fsp3) is 1.00. The molecule has 14 heavy (non-hydrogen) atoms. The summed E-state index contributed by atoms with van der Waals surface area (Å²) in [5.41, 5.74) is -0.0367. The summed E-state index contributed by atoms with van der Waals surface area (Å²) in [4.78, 5) is 2.47. The van der Waals surface area contributed by atoms with Gasteiger partial charge in [-0.25, -0.2) is 0 Å². The van der Waals surface area contributed by atoms with Crippen molar-refractivity contribution in [3.63, 3.8) is 0 Å². The molecule has 1 rings (SSSR count). The molecule has 0 saturated carbocycles. The minimum Gasteiger partial charge on any atom is -0.367 e. The molecule has 84 valence electrons. The van der Waals surface area contributed by atoms with Gasteiger partial charge in [-0.1, -0.05) is 0 Å². The maximum Gasteiger partial charge on any atom is 0.0760 e. The summed E-state index contributed by atoms with van der Waals surface area (Å²) < 4.78 is 6.01. The van der Waals surface area contributed by atoms with Crippen molar-refractivity contribution in [2.75, 3.05) is 33.2 Å². The number of hydrogen-bond donors (Lipinski definition) is 1. The summed E-state index contributed by atoms with van der Waals surface area (Å²) in [6.07, 6.45) is 0. The van der Waals surface area contributed by atoms with Crippen molar-refractivity contribution in [2.45, 2.75) is 38.9 Å². The highest BCUT2D eigenvalue weighted by Crippen LogP contribution is 2.27. The fourth-order valence-electron chi connectivity index (χ4n) is 2.37. The predicted octanol–water partition coefficient (Wildman–Crippen LogP) is 1.10. The van der Waals surface area contributed by atoms with Gasteiger partial charge in [0, 0.05) is 26.2 Å². The minimum atomic E-state index is -0.0184. The van der Waals surface area contributed by atoms with Crippen molar-refractivity contribution in [1.82, 2.24) is 10.2 Å². The van der Waals surface area contributed by atoms with Crippen LogP contribution in [-0.2, 0) is 4.74 Å². The maximum absolute atomic E-state index is 6.01. The van der Waals surface area contributed by atoms with Crippen LogP contribution >= 0.6 is 0 Å². The van der Waals surface area contributed by atoms with E-state index in [2.05, 4.69) is 37.9 Å². The number of rotatable bonds is 3. The molecular formula is C11H24N2O. The molecule has 0 amide bonds. The van der Waals surface area contributed by atoms with E-state index >= 15 is 0 Å². The van der Waals surface area contributed by atoms with Crippen LogP contribution in [0.25, 0.3) is 0 Å². The van der Waals surface area contributed by atoms with E-state index in [9.17, 15) is 0 Å². The van der Waals surface area contributed by atoms with E-state index in [4.69, 9.17) is 4.74 Å². The second-order valence-corrected chi connectivity index (χ2v) is 5.44. The maximum atomic E-state index is 6.01. The van der Waals surface area contributed by atoms with Crippen LogP contribution in [0, 0.1) is 0 Å². The van der Waals surface area contributed by atoms with Crippen LogP contribution in [0.3, 0.4) is 0 Å². The van der Waals surface area contributed by atoms with E-state index in [-0.39, 0.29) is 11.2 Å². The van der Waals surface area contributed by atoms with Crippen molar-refractivity contribution in [3.8, 4) is 0 Å². The highest BCUT2D eigenvalue weighted by atomic mass is 16.5. The zero-order chi connectivity index (χ0) is 10.8. The molecule has 0 bridgehead atoms. The Labute approximate surface area is 87.8 Å². The first-order valence-corrected chi connectivity index (χ1v) is 5.42. The van der Waals surface area contributed by atoms with Gasteiger partial charge in [-0.3, -0.25) is 4.90 Å². The highest BCUT2D eigenvalue weighted by Gasteiger charge is 2.37. The Hall–Kier alpha value is -0.120. The van der Waals surface area contributed by atoms with Gasteiger partial charge in [0.2, 0.25) is 0 Å². The SMILES string of the molecule is CNCCN1CC(C)(C)OC(C)(C)C1. The van der Waals surface area contributed by atoms with Crippen LogP contribution in [0.4, 0.5) is 0 Å². The second-order valence-electron chi connectivity index (χ2n) is 5.44. The molecule has 0 aromatic carbocycles. The van der Waals surface area contributed by atoms with Gasteiger partial charge in [-0.05, 0) is 34.7 Å². The summed E-state index contributed by atoms with van der Waals surface area (Å²) >= 11 is 0. The van der Waals surface area contributed by atoms with E-state index in [1.807, 2.05) is 7.05 Å². The van der Waals surface area contributed by atoms with Crippen molar-refractivity contribution in [2.24, 2.45) is 0 Å². The van der Waals surface area contributed by atoms with Crippen molar-refractivity contribution in [1.29, 1.82) is 0 Å². The second kappa shape index (κ2) is 4.17. The summed E-state index contributed by atoms with van der Waals surface area (Å²) in [5.74, 6) is 0. The topological polar surface area (TPSA) is 24.5 Å². The molecule has 1 heterocycles. The number of likely N-dealkylation sites (N-methyl/N-ethyl adjacent to an activating group) is 1. The van der Waals surface area contributed by atoms with E-state index < -0.39 is 0 Å². The highest BCUT2D eigenvalue weighted by molar-refractivity contribution is 4.89. The summed E-state index contributed by atoms with van der Waals surface area (Å²) in [6, 6.07) is 0. The monoisotopic (exact) mass is 200 g/mol. The van der Waals surface area contributed by atoms with Gasteiger partial charge in [0.25, 0.3) is 0 Å². The number of nitrogens with one attached hydrogen (secondary N) is 1. The van der Waals surface area contributed by atoms with E-state index in [0.717, 1.165) is 26.2 Å². The largest absolute Gasteiger partial charge is 0.367 e. The Balaban J connectivity index is 2.53. The van der Waals surface area contributed by atoms with Crippen LogP contribution in [0.2, 0.25) is 0 Å². The lowest BCUT2D eigenvalue weighted by Crippen LogP contribution is -2.57. The summed E-state index contributed by atoms with van der Waals surface area (Å²) in [6.45, 7) is 12.9. The molecule has 0 spiro atoms. The first-order valence-electron chi connectivity index (χ1n) is 5.42. The quantitative estimate of drug-likeness (QED) is 0.738. The third-order valence-electron chi connectivity index (χ3n) is 2.44. The molecule has 0 aromatic heterocycles. The van der Waals surface area contributed by atoms with Gasteiger partial charge < -0.3 is 10.1 Å². The van der Waals surface area contributed by atoms with Crippen LogP contribution in [0.5, 0.6) is 0 Å². The molecule has 1 aliphatic heterocycles. The Morgan fingerprint density at radius 2 is 1.64 bits per heavy atom. The first kappa shape index (κ1) is 12.0. The molecule has 0 aliphatic carbocycles. The third-order valence-corrected chi connectivity index (χ3v) is 2.44. The lowest BCUT2D eigenvalue weighted by Gasteiger charge is -2.47. The number of morpholine rings is 1. The third kappa shape index (κ3) is 3.56. The van der Waals surface area contributed by atoms with Crippen molar-refractivity contribution in [3.05, 3.63) is 0 Å². The Morgan fingerprint density at radius 1 is 1.14 bits per heavy atom. The van der Waals surface area contributed by atoms with E-state index in [1.165, 1.54) is 0 Å². The molecule has 0 aromatic rings. The molecule has 1 N–H and O–H groups in total. The zero-order valence-corrected chi connectivity index (χ0v) is 10.2. The standard InChI is InChI=1S/C11H24N2O/c1-10(2)8-13(7-6-12-5)9-11(3,4)14-10/h12H,6-9H2,1-5H3. The smallest absolute Gasteiger partial charge is 0.0760 e. The van der Waals surface area contributed by atoms with Gasteiger partial charge in [-0.15, -0.1) is 0 Å². The molecular weight excluding hydrogens is 176 g/mol. The van der Waals surface area contributed by atoms with Gasteiger partial charge in [-0.2, -0.15) is 0 Å². The normalized spacial score (nSPS) is 26.4. The van der Waals surface area contributed by atoms with Gasteiger partial charge in [0.15, 0.2) is 0 Å². The molecule has 1 aliphatic rings. The average molecular weight is 200 g/mol. The molecule has 1 fully saturated rings. The number of hydrogen-bond acceptors (Lipinski definition) is 3. The van der Waals surface area contributed by atoms with Gasteiger partial charge in [0.1, 0.15) is 0 Å². The lowest BCUT2D eigenvalue weighted by atomic mass is 9.99. The molecule has 0 atom stereocenters. The Bertz CT molecular complexity index is 174. The van der Waals surface area contributed by atoms with Crippen LogP contribution in [0.1, 0.15) is 27.7 Å². The van der Waals surface area contributed by atoms with Crippen LogP contribution in [0.15, 0.2) is 0 Å². The molecule has 3 nitrogen and oxygen atoms in total. The van der Waals surface area contributed by atoms with Crippen molar-refractivity contribution < 1.29 is 4.74 Å². The summed E-state index contributed by atoms with van der Waals surface area (Å²) in [5, 5.41) is 3.19. The van der Waals surface area contributed by atoms with Gasteiger partial charge >= 0.3 is 0 Å². The first-order chi connectivity index (χ1) is 6.35. The Morgan fingerprint density at radius 3 is 2.07 bits per heavy atom. The number of nitrogens with zero attached hydrogens (tertiary/aromatic N) is 1. The summed E-state index contributed by atoms with van der Waals surface area (Å²) in [7, 11) is 2.00. The van der Waals surface area contributed by atoms with E-state index in [0.29, 0.717) is 0 Å². The fourth-order valence-corrected chi connectivity index (χ4v) is 2.37. The van der Waals surface area contributed by atoms with Crippen LogP contribution < -0.4 is 5.32 Å². The predicted molar refractivity (Wildman–Crippen MR) is 59.6 cm³/mol. The molecule has 1 saturated heterocycles. The lowest BCUT2D eigenvalue weighted by molar-refractivity contribution is -0.179. The minimum absolute atomic E-state index is 0.0184.